The fourth-order valence-corrected chi connectivity index (χ4v) is 6.00. The topological polar surface area (TPSA) is 136 Å². The summed E-state index contributed by atoms with van der Waals surface area (Å²) in [6, 6.07) is 17.2. The maximum absolute atomic E-state index is 12.9. The highest BCUT2D eigenvalue weighted by molar-refractivity contribution is 7.93. The fourth-order valence-electron chi connectivity index (χ4n) is 4.55. The molecule has 0 bridgehead atoms. The minimum absolute atomic E-state index is 0.207. The van der Waals surface area contributed by atoms with Gasteiger partial charge in [-0.3, -0.25) is 4.79 Å². The van der Waals surface area contributed by atoms with Crippen LogP contribution >= 0.6 is 11.6 Å². The number of rotatable bonds is 5. The molecule has 2 aromatic carbocycles. The number of amides is 1. The zero-order chi connectivity index (χ0) is 26.4. The highest BCUT2D eigenvalue weighted by Crippen LogP contribution is 2.32. The predicted molar refractivity (Wildman–Crippen MR) is 140 cm³/mol. The van der Waals surface area contributed by atoms with Crippen LogP contribution in [0.4, 0.5) is 0 Å². The number of halogens is 1. The number of H-pyrrole nitrogens is 1. The molecule has 196 valence electrons. The Kier molecular flexibility index (Phi) is 6.40. The summed E-state index contributed by atoms with van der Waals surface area (Å²) in [6.07, 6.45) is -0.418. The summed E-state index contributed by atoms with van der Waals surface area (Å²) in [5, 5.41) is 10.3. The molecule has 1 amide bonds. The quantitative estimate of drug-likeness (QED) is 0.383. The Morgan fingerprint density at radius 2 is 1.84 bits per heavy atom. The van der Waals surface area contributed by atoms with Gasteiger partial charge in [0.15, 0.2) is 11.8 Å². The summed E-state index contributed by atoms with van der Waals surface area (Å²) in [5.41, 5.74) is 2.41. The summed E-state index contributed by atoms with van der Waals surface area (Å²) in [7, 11) is -2.87. The summed E-state index contributed by atoms with van der Waals surface area (Å²) in [6.45, 7) is 0.483. The molecule has 0 spiro atoms. The molecule has 2 aromatic heterocycles. The van der Waals surface area contributed by atoms with Crippen molar-refractivity contribution in [3.63, 3.8) is 0 Å². The number of pyridine rings is 1. The predicted octanol–water partition coefficient (Wildman–Crippen LogP) is 3.48. The molecule has 12 heteroatoms. The van der Waals surface area contributed by atoms with E-state index >= 15 is 0 Å². The Morgan fingerprint density at radius 1 is 1.11 bits per heavy atom. The number of imidazole rings is 1. The third-order valence-corrected chi connectivity index (χ3v) is 8.44. The Morgan fingerprint density at radius 3 is 2.61 bits per heavy atom. The number of aromatic nitrogens is 3. The van der Waals surface area contributed by atoms with Crippen LogP contribution in [0, 0.1) is 0 Å². The van der Waals surface area contributed by atoms with Gasteiger partial charge in [-0.1, -0.05) is 41.9 Å². The van der Waals surface area contributed by atoms with Crippen molar-refractivity contribution >= 4 is 38.4 Å². The van der Waals surface area contributed by atoms with Crippen molar-refractivity contribution in [2.75, 3.05) is 19.5 Å². The highest BCUT2D eigenvalue weighted by Gasteiger charge is 2.48. The molecule has 2 aliphatic heterocycles. The van der Waals surface area contributed by atoms with Gasteiger partial charge < -0.3 is 24.3 Å². The van der Waals surface area contributed by atoms with Crippen molar-refractivity contribution in [3.8, 4) is 17.3 Å². The van der Waals surface area contributed by atoms with E-state index in [1.54, 1.807) is 54.6 Å². The first-order valence-electron chi connectivity index (χ1n) is 11.8. The molecule has 1 unspecified atom stereocenters. The number of hydrogen-bond acceptors (Lipinski definition) is 8. The van der Waals surface area contributed by atoms with Gasteiger partial charge in [0.1, 0.15) is 18.3 Å². The van der Waals surface area contributed by atoms with Gasteiger partial charge in [0.2, 0.25) is 0 Å². The highest BCUT2D eigenvalue weighted by atomic mass is 35.5. The maximum Gasteiger partial charge on any atom is 0.296 e. The molecule has 2 saturated heterocycles. The molecule has 38 heavy (non-hydrogen) atoms. The van der Waals surface area contributed by atoms with Crippen LogP contribution in [-0.4, -0.2) is 74.1 Å². The molecule has 0 saturated carbocycles. The standard InChI is InChI=1S/C26H23ClN4O6S/c1-38(34,16-5-3-2-4-6-16)31-25(33)15-9-7-14(8-10-15)21-17(27)11-18-24(29-21)30-26(28-18)37-20-13-36-22-19(32)12-35-23(20)22/h2-11,19-20,22-23,32H,12-13H2,1H3,(H,28,29,30)/t19-,20-,22?,23-,38-/m1/s1. The minimum atomic E-state index is -2.87. The van der Waals surface area contributed by atoms with Crippen LogP contribution in [0.15, 0.2) is 69.9 Å². The zero-order valence-electron chi connectivity index (χ0n) is 20.1. The molecule has 4 heterocycles. The van der Waals surface area contributed by atoms with E-state index in [4.69, 9.17) is 25.8 Å². The molecule has 0 radical (unpaired) electrons. The second kappa shape index (κ2) is 9.75. The molecule has 2 aliphatic rings. The molecule has 2 fully saturated rings. The molecular formula is C26H23ClN4O6S. The first-order chi connectivity index (χ1) is 18.3. The maximum atomic E-state index is 12.9. The van der Waals surface area contributed by atoms with Gasteiger partial charge in [-0.05, 0) is 30.3 Å². The third-order valence-electron chi connectivity index (χ3n) is 6.49. The first-order valence-corrected chi connectivity index (χ1v) is 14.1. The Hall–Kier alpha value is -3.35. The summed E-state index contributed by atoms with van der Waals surface area (Å²) < 4.78 is 34.0. The minimum Gasteiger partial charge on any atom is -0.456 e. The van der Waals surface area contributed by atoms with Crippen LogP contribution in [0.25, 0.3) is 22.4 Å². The number of aromatic amines is 1. The zero-order valence-corrected chi connectivity index (χ0v) is 21.7. The molecule has 4 aromatic rings. The van der Waals surface area contributed by atoms with E-state index in [0.717, 1.165) is 0 Å². The molecule has 10 nitrogen and oxygen atoms in total. The number of aliphatic hydroxyl groups is 1. The average Bonchev–Trinajstić information content (AvgIpc) is 3.60. The van der Waals surface area contributed by atoms with Gasteiger partial charge >= 0.3 is 0 Å². The van der Waals surface area contributed by atoms with Gasteiger partial charge in [-0.2, -0.15) is 9.35 Å². The van der Waals surface area contributed by atoms with Crippen LogP contribution < -0.4 is 4.74 Å². The van der Waals surface area contributed by atoms with E-state index in [9.17, 15) is 14.1 Å². The number of carbonyl (C=O) groups is 1. The molecule has 0 aliphatic carbocycles. The molecule has 2 N–H and O–H groups in total. The Balaban J connectivity index is 1.22. The summed E-state index contributed by atoms with van der Waals surface area (Å²) >= 11 is 6.52. The van der Waals surface area contributed by atoms with E-state index in [2.05, 4.69) is 19.3 Å². The third kappa shape index (κ3) is 4.67. The van der Waals surface area contributed by atoms with E-state index in [1.165, 1.54) is 6.26 Å². The SMILES string of the molecule is C[S@](=O)(=NC(=O)c1ccc(-c2nc3nc(O[C@@H]4COC5[C@H](O)CO[C@@H]54)[nH]c3cc2Cl)cc1)c1ccccc1. The lowest BCUT2D eigenvalue weighted by atomic mass is 10.1. The average molecular weight is 555 g/mol. The largest absolute Gasteiger partial charge is 0.456 e. The van der Waals surface area contributed by atoms with Crippen molar-refractivity contribution in [3.05, 3.63) is 71.2 Å². The number of nitrogens with one attached hydrogen (secondary N) is 1. The van der Waals surface area contributed by atoms with E-state index in [1.807, 2.05) is 6.07 Å². The van der Waals surface area contributed by atoms with Gasteiger partial charge in [-0.25, -0.2) is 9.19 Å². The van der Waals surface area contributed by atoms with Crippen molar-refractivity contribution in [2.24, 2.45) is 4.36 Å². The number of fused-ring (bicyclic) bond motifs is 2. The van der Waals surface area contributed by atoms with Crippen LogP contribution in [0.2, 0.25) is 5.02 Å². The van der Waals surface area contributed by atoms with Crippen molar-refractivity contribution in [1.29, 1.82) is 0 Å². The second-order valence-corrected chi connectivity index (χ2v) is 11.8. The van der Waals surface area contributed by atoms with Gasteiger partial charge in [0.05, 0.1) is 39.2 Å². The lowest BCUT2D eigenvalue weighted by molar-refractivity contribution is 0.00706. The van der Waals surface area contributed by atoms with E-state index in [0.29, 0.717) is 37.9 Å². The van der Waals surface area contributed by atoms with Crippen molar-refractivity contribution in [2.45, 2.75) is 29.3 Å². The van der Waals surface area contributed by atoms with Crippen molar-refractivity contribution < 1.29 is 28.3 Å². The van der Waals surface area contributed by atoms with Crippen LogP contribution in [0.1, 0.15) is 10.4 Å². The van der Waals surface area contributed by atoms with Crippen LogP contribution in [0.5, 0.6) is 6.01 Å². The monoisotopic (exact) mass is 554 g/mol. The number of carbonyl (C=O) groups excluding carboxylic acids is 1. The van der Waals surface area contributed by atoms with Crippen LogP contribution in [-0.2, 0) is 19.2 Å². The Labute approximate surface area is 223 Å². The van der Waals surface area contributed by atoms with E-state index in [-0.39, 0.29) is 25.3 Å². The smallest absolute Gasteiger partial charge is 0.296 e. The normalized spacial score (nSPS) is 24.2. The number of hydrogen-bond donors (Lipinski definition) is 2. The summed E-state index contributed by atoms with van der Waals surface area (Å²) in [5.74, 6) is -0.576. The lowest BCUT2D eigenvalue weighted by Gasteiger charge is -2.15. The van der Waals surface area contributed by atoms with Gasteiger partial charge in [0.25, 0.3) is 11.9 Å². The van der Waals surface area contributed by atoms with Gasteiger partial charge in [0, 0.05) is 22.3 Å². The molecule has 5 atom stereocenters. The molecule has 6 rings (SSSR count). The van der Waals surface area contributed by atoms with Gasteiger partial charge in [-0.15, -0.1) is 0 Å². The fraction of sp³-hybridized carbons (Fsp3) is 0.269. The summed E-state index contributed by atoms with van der Waals surface area (Å²) in [4.78, 5) is 25.3. The van der Waals surface area contributed by atoms with Crippen LogP contribution in [0.3, 0.4) is 0 Å². The number of nitrogens with zero attached hydrogens (tertiary/aromatic N) is 3. The number of aliphatic hydroxyl groups excluding tert-OH is 1. The first kappa shape index (κ1) is 25.0. The lowest BCUT2D eigenvalue weighted by Crippen LogP contribution is -2.34. The van der Waals surface area contributed by atoms with Crippen molar-refractivity contribution in [1.82, 2.24) is 15.0 Å². The number of benzene rings is 2. The Bertz CT molecular complexity index is 1640. The van der Waals surface area contributed by atoms with E-state index < -0.39 is 33.9 Å². The molecular weight excluding hydrogens is 532 g/mol. The number of ether oxygens (including phenoxy) is 3. The second-order valence-electron chi connectivity index (χ2n) is 9.14.